The molecule has 6 nitrogen and oxygen atoms in total. The second kappa shape index (κ2) is 5.33. The van der Waals surface area contributed by atoms with Crippen molar-refractivity contribution in [3.05, 3.63) is 29.8 Å². The van der Waals surface area contributed by atoms with Gasteiger partial charge in [-0.15, -0.1) is 0 Å². The van der Waals surface area contributed by atoms with Gasteiger partial charge in [-0.25, -0.2) is 0 Å². The molecule has 2 atom stereocenters. The molecular weight excluding hydrogens is 308 g/mol. The number of benzene rings is 1. The number of carbonyl (C=O) groups excluding carboxylic acids is 3. The third-order valence-corrected chi connectivity index (χ3v) is 5.99. The van der Waals surface area contributed by atoms with Gasteiger partial charge in [0.25, 0.3) is 17.7 Å². The van der Waals surface area contributed by atoms with Crippen molar-refractivity contribution in [3.63, 3.8) is 0 Å². The molecule has 1 aliphatic carbocycles. The highest BCUT2D eigenvalue weighted by Gasteiger charge is 2.64. The predicted octanol–water partition coefficient (Wildman–Crippen LogP) is 2.15. The Morgan fingerprint density at radius 1 is 1.21 bits per heavy atom. The summed E-state index contributed by atoms with van der Waals surface area (Å²) in [6.07, 6.45) is 1.33. The molecule has 0 spiro atoms. The van der Waals surface area contributed by atoms with Gasteiger partial charge >= 0.3 is 0 Å². The lowest BCUT2D eigenvalue weighted by molar-refractivity contribution is -0.171. The average molecular weight is 330 g/mol. The fraction of sp³-hybridized carbons (Fsp3) is 0.500. The highest BCUT2D eigenvalue weighted by molar-refractivity contribution is 6.06. The van der Waals surface area contributed by atoms with E-state index in [0.717, 1.165) is 5.01 Å². The van der Waals surface area contributed by atoms with E-state index in [1.165, 1.54) is 0 Å². The van der Waals surface area contributed by atoms with Gasteiger partial charge in [-0.3, -0.25) is 19.8 Å². The number of amides is 3. The number of imide groups is 1. The van der Waals surface area contributed by atoms with Crippen LogP contribution in [0.1, 0.15) is 44.0 Å². The van der Waals surface area contributed by atoms with Crippen molar-refractivity contribution in [2.75, 3.05) is 7.11 Å². The molecular formula is C18H22N2O4. The van der Waals surface area contributed by atoms with E-state index in [-0.39, 0.29) is 17.7 Å². The van der Waals surface area contributed by atoms with Crippen molar-refractivity contribution >= 4 is 17.7 Å². The van der Waals surface area contributed by atoms with Gasteiger partial charge in [-0.05, 0) is 42.5 Å². The molecule has 24 heavy (non-hydrogen) atoms. The van der Waals surface area contributed by atoms with E-state index in [2.05, 4.69) is 5.43 Å². The van der Waals surface area contributed by atoms with Gasteiger partial charge in [-0.2, -0.15) is 5.01 Å². The molecule has 6 heteroatoms. The maximum absolute atomic E-state index is 12.9. The number of carbonyl (C=O) groups is 3. The minimum Gasteiger partial charge on any atom is -0.497 e. The summed E-state index contributed by atoms with van der Waals surface area (Å²) >= 11 is 0. The van der Waals surface area contributed by atoms with Crippen molar-refractivity contribution in [2.24, 2.45) is 16.7 Å². The maximum Gasteiger partial charge on any atom is 0.270 e. The molecule has 2 bridgehead atoms. The van der Waals surface area contributed by atoms with Gasteiger partial charge in [0, 0.05) is 11.5 Å². The predicted molar refractivity (Wildman–Crippen MR) is 86.9 cm³/mol. The third kappa shape index (κ3) is 2.12. The van der Waals surface area contributed by atoms with Crippen molar-refractivity contribution in [1.29, 1.82) is 0 Å². The van der Waals surface area contributed by atoms with Gasteiger partial charge in [0.1, 0.15) is 5.75 Å². The second-order valence-electron chi connectivity index (χ2n) is 7.29. The van der Waals surface area contributed by atoms with Crippen LogP contribution in [0.4, 0.5) is 0 Å². The molecule has 128 valence electrons. The minimum absolute atomic E-state index is 0.253. The first kappa shape index (κ1) is 16.5. The van der Waals surface area contributed by atoms with Crippen LogP contribution in [0.2, 0.25) is 0 Å². The summed E-state index contributed by atoms with van der Waals surface area (Å²) in [4.78, 5) is 38.0. The molecule has 0 aromatic heterocycles. The second-order valence-corrected chi connectivity index (χ2v) is 7.29. The van der Waals surface area contributed by atoms with Crippen LogP contribution < -0.4 is 10.2 Å². The fourth-order valence-electron chi connectivity index (χ4n) is 3.83. The molecule has 0 unspecified atom stereocenters. The SMILES string of the molecule is COc1ccc(C(=O)NN2C(=O)[C@H]3CC[C@](C)(C2=O)C3(C)C)cc1. The molecule has 1 aliphatic heterocycles. The molecule has 3 rings (SSSR count). The largest absolute Gasteiger partial charge is 0.497 e. The van der Waals surface area contributed by atoms with Gasteiger partial charge in [-0.1, -0.05) is 20.8 Å². The van der Waals surface area contributed by atoms with Gasteiger partial charge < -0.3 is 4.74 Å². The lowest BCUT2D eigenvalue weighted by Crippen LogP contribution is -2.63. The highest BCUT2D eigenvalue weighted by atomic mass is 16.5. The first-order valence-corrected chi connectivity index (χ1v) is 8.06. The molecule has 1 N–H and O–H groups in total. The molecule has 1 heterocycles. The molecule has 2 fully saturated rings. The summed E-state index contributed by atoms with van der Waals surface area (Å²) in [6.45, 7) is 5.81. The van der Waals surface area contributed by atoms with Crippen molar-refractivity contribution in [3.8, 4) is 5.75 Å². The number of fused-ring (bicyclic) bond motifs is 2. The topological polar surface area (TPSA) is 75.7 Å². The maximum atomic E-state index is 12.9. The summed E-state index contributed by atoms with van der Waals surface area (Å²) in [6, 6.07) is 6.49. The molecule has 1 saturated carbocycles. The normalized spacial score (nSPS) is 28.0. The zero-order valence-electron chi connectivity index (χ0n) is 14.4. The van der Waals surface area contributed by atoms with Crippen LogP contribution in [0, 0.1) is 16.7 Å². The van der Waals surface area contributed by atoms with Crippen LogP contribution in [-0.2, 0) is 9.59 Å². The molecule has 2 aliphatic rings. The molecule has 1 aromatic rings. The van der Waals surface area contributed by atoms with Crippen molar-refractivity contribution < 1.29 is 19.1 Å². The van der Waals surface area contributed by atoms with E-state index in [1.807, 2.05) is 20.8 Å². The van der Waals surface area contributed by atoms with Crippen LogP contribution in [0.3, 0.4) is 0 Å². The Morgan fingerprint density at radius 2 is 1.83 bits per heavy atom. The number of hydrazine groups is 1. The minimum atomic E-state index is -0.640. The van der Waals surface area contributed by atoms with Crippen LogP contribution in [0.5, 0.6) is 5.75 Å². The van der Waals surface area contributed by atoms with Crippen molar-refractivity contribution in [1.82, 2.24) is 10.4 Å². The van der Waals surface area contributed by atoms with Gasteiger partial charge in [0.2, 0.25) is 0 Å². The summed E-state index contributed by atoms with van der Waals surface area (Å²) in [5, 5.41) is 0.926. The Labute approximate surface area is 141 Å². The highest BCUT2D eigenvalue weighted by Crippen LogP contribution is 2.59. The standard InChI is InChI=1S/C18H22N2O4/c1-17(2)13-9-10-18(17,3)16(23)20(15(13)22)19-14(21)11-5-7-12(24-4)8-6-11/h5-8,13H,9-10H2,1-4H3,(H,19,21)/t13-,18-/m1/s1. The number of nitrogens with one attached hydrogen (secondary N) is 1. The monoisotopic (exact) mass is 330 g/mol. The summed E-state index contributed by atoms with van der Waals surface area (Å²) in [5.41, 5.74) is 1.81. The van der Waals surface area contributed by atoms with Crippen molar-refractivity contribution in [2.45, 2.75) is 33.6 Å². The van der Waals surface area contributed by atoms with Crippen LogP contribution >= 0.6 is 0 Å². The number of methoxy groups -OCH3 is 1. The lowest BCUT2D eigenvalue weighted by atomic mass is 9.63. The van der Waals surface area contributed by atoms with Crippen LogP contribution in [0.15, 0.2) is 24.3 Å². The Morgan fingerprint density at radius 3 is 2.42 bits per heavy atom. The number of ether oxygens (including phenoxy) is 1. The van der Waals surface area contributed by atoms with E-state index < -0.39 is 16.7 Å². The third-order valence-electron chi connectivity index (χ3n) is 5.99. The van der Waals surface area contributed by atoms with E-state index >= 15 is 0 Å². The smallest absolute Gasteiger partial charge is 0.270 e. The molecule has 3 amide bonds. The van der Waals surface area contributed by atoms with E-state index in [9.17, 15) is 14.4 Å². The van der Waals surface area contributed by atoms with Crippen LogP contribution in [0.25, 0.3) is 0 Å². The lowest BCUT2D eigenvalue weighted by Gasteiger charge is -2.47. The number of nitrogens with zero attached hydrogens (tertiary/aromatic N) is 1. The zero-order valence-corrected chi connectivity index (χ0v) is 14.4. The Kier molecular flexibility index (Phi) is 3.66. The van der Waals surface area contributed by atoms with Crippen LogP contribution in [-0.4, -0.2) is 29.8 Å². The van der Waals surface area contributed by atoms with Gasteiger partial charge in [0.05, 0.1) is 12.5 Å². The van der Waals surface area contributed by atoms with E-state index in [1.54, 1.807) is 31.4 Å². The number of hydrogen-bond donors (Lipinski definition) is 1. The van der Waals surface area contributed by atoms with E-state index in [4.69, 9.17) is 4.74 Å². The number of hydrogen-bond acceptors (Lipinski definition) is 4. The first-order chi connectivity index (χ1) is 11.2. The Hall–Kier alpha value is -2.37. The first-order valence-electron chi connectivity index (χ1n) is 8.06. The Balaban J connectivity index is 1.84. The zero-order chi connectivity index (χ0) is 17.7. The van der Waals surface area contributed by atoms with Gasteiger partial charge in [0.15, 0.2) is 0 Å². The average Bonchev–Trinajstić information content (AvgIpc) is 2.76. The number of piperidine rings is 1. The quantitative estimate of drug-likeness (QED) is 0.862. The molecule has 1 aromatic carbocycles. The summed E-state index contributed by atoms with van der Waals surface area (Å²) < 4.78 is 5.06. The fourth-order valence-corrected chi connectivity index (χ4v) is 3.83. The summed E-state index contributed by atoms with van der Waals surface area (Å²) in [7, 11) is 1.54. The molecule has 1 saturated heterocycles. The Bertz CT molecular complexity index is 710. The van der Waals surface area contributed by atoms with E-state index in [0.29, 0.717) is 24.2 Å². The number of rotatable bonds is 3. The summed E-state index contributed by atoms with van der Waals surface area (Å²) in [5.74, 6) is -0.752. The molecule has 0 radical (unpaired) electrons.